The van der Waals surface area contributed by atoms with Crippen LogP contribution in [-0.4, -0.2) is 38.5 Å². The van der Waals surface area contributed by atoms with Crippen LogP contribution in [0.25, 0.3) is 16.7 Å². The summed E-state index contributed by atoms with van der Waals surface area (Å²) in [5.41, 5.74) is 0.452. The van der Waals surface area contributed by atoms with Crippen molar-refractivity contribution in [3.05, 3.63) is 75.2 Å². The first-order valence-corrected chi connectivity index (χ1v) is 10.9. The second kappa shape index (κ2) is 9.59. The highest BCUT2D eigenvalue weighted by atomic mass is 35.5. The molecule has 2 aromatic heterocycles. The SMILES string of the molecule is COc1ccc(-n2c(SCC(=O)NCc3ccc(F)cc3F)nc3[nH]ncc3c2=O)cc1Cl. The number of hydrogen-bond donors (Lipinski definition) is 2. The molecule has 2 aromatic carbocycles. The van der Waals surface area contributed by atoms with Crippen molar-refractivity contribution in [2.45, 2.75) is 11.7 Å². The maximum absolute atomic E-state index is 13.8. The van der Waals surface area contributed by atoms with Crippen molar-refractivity contribution < 1.29 is 18.3 Å². The highest BCUT2D eigenvalue weighted by molar-refractivity contribution is 7.99. The fraction of sp³-hybridized carbons (Fsp3) is 0.143. The number of H-pyrrole nitrogens is 1. The molecule has 0 aliphatic heterocycles. The Labute approximate surface area is 194 Å². The van der Waals surface area contributed by atoms with Crippen LogP contribution >= 0.6 is 23.4 Å². The molecule has 0 saturated heterocycles. The number of carbonyl (C=O) groups excluding carboxylic acids is 1. The number of hydrogen-bond acceptors (Lipinski definition) is 6. The van der Waals surface area contributed by atoms with Crippen molar-refractivity contribution in [1.82, 2.24) is 25.1 Å². The first kappa shape index (κ1) is 22.7. The van der Waals surface area contributed by atoms with Gasteiger partial charge in [-0.1, -0.05) is 29.4 Å². The molecule has 0 bridgehead atoms. The van der Waals surface area contributed by atoms with Gasteiger partial charge in [0, 0.05) is 18.2 Å². The Morgan fingerprint density at radius 2 is 2.09 bits per heavy atom. The number of aromatic amines is 1. The molecule has 2 heterocycles. The Morgan fingerprint density at radius 1 is 1.27 bits per heavy atom. The molecule has 4 rings (SSSR count). The quantitative estimate of drug-likeness (QED) is 0.303. The summed E-state index contributed by atoms with van der Waals surface area (Å²) in [6, 6.07) is 7.93. The number of nitrogens with one attached hydrogen (secondary N) is 2. The number of thioether (sulfide) groups is 1. The van der Waals surface area contributed by atoms with Crippen LogP contribution in [0.15, 0.2) is 52.5 Å². The van der Waals surface area contributed by atoms with Gasteiger partial charge in [-0.15, -0.1) is 0 Å². The van der Waals surface area contributed by atoms with Crippen molar-refractivity contribution in [3.8, 4) is 11.4 Å². The maximum atomic E-state index is 13.8. The van der Waals surface area contributed by atoms with Gasteiger partial charge in [-0.2, -0.15) is 5.10 Å². The lowest BCUT2D eigenvalue weighted by Gasteiger charge is -2.13. The summed E-state index contributed by atoms with van der Waals surface area (Å²) in [5.74, 6) is -1.55. The smallest absolute Gasteiger partial charge is 0.269 e. The number of halogens is 3. The number of nitrogens with zero attached hydrogens (tertiary/aromatic N) is 3. The predicted octanol–water partition coefficient (Wildman–Crippen LogP) is 3.46. The zero-order valence-electron chi connectivity index (χ0n) is 17.1. The van der Waals surface area contributed by atoms with Gasteiger partial charge >= 0.3 is 0 Å². The van der Waals surface area contributed by atoms with Crippen molar-refractivity contribution in [1.29, 1.82) is 0 Å². The van der Waals surface area contributed by atoms with E-state index in [1.807, 2.05) is 0 Å². The molecule has 0 atom stereocenters. The molecule has 0 radical (unpaired) electrons. The van der Waals surface area contributed by atoms with Crippen LogP contribution in [0.1, 0.15) is 5.56 Å². The molecule has 0 fully saturated rings. The van der Waals surface area contributed by atoms with E-state index >= 15 is 0 Å². The fourth-order valence-corrected chi connectivity index (χ4v) is 4.12. The van der Waals surface area contributed by atoms with E-state index in [1.165, 1.54) is 23.9 Å². The minimum Gasteiger partial charge on any atom is -0.495 e. The molecule has 8 nitrogen and oxygen atoms in total. The van der Waals surface area contributed by atoms with Gasteiger partial charge in [0.2, 0.25) is 5.91 Å². The van der Waals surface area contributed by atoms with E-state index < -0.39 is 23.1 Å². The standard InChI is InChI=1S/C21H16ClF2N5O3S/c1-32-17-5-4-13(7-15(17)22)29-20(31)14-9-26-28-19(14)27-21(29)33-10-18(30)25-8-11-2-3-12(23)6-16(11)24/h2-7,9H,8,10H2,1H3,(H,25,30)(H,26,28). The van der Waals surface area contributed by atoms with E-state index in [0.29, 0.717) is 16.5 Å². The van der Waals surface area contributed by atoms with Gasteiger partial charge in [0.15, 0.2) is 10.8 Å². The van der Waals surface area contributed by atoms with Crippen molar-refractivity contribution in [2.75, 3.05) is 12.9 Å². The molecule has 4 aromatic rings. The first-order valence-electron chi connectivity index (χ1n) is 9.51. The molecule has 12 heteroatoms. The monoisotopic (exact) mass is 491 g/mol. The summed E-state index contributed by atoms with van der Waals surface area (Å²) in [5, 5.41) is 9.85. The van der Waals surface area contributed by atoms with Gasteiger partial charge in [-0.3, -0.25) is 19.3 Å². The highest BCUT2D eigenvalue weighted by Crippen LogP contribution is 2.28. The van der Waals surface area contributed by atoms with E-state index in [4.69, 9.17) is 16.3 Å². The van der Waals surface area contributed by atoms with Crippen molar-refractivity contribution in [3.63, 3.8) is 0 Å². The minimum atomic E-state index is -0.750. The van der Waals surface area contributed by atoms with Gasteiger partial charge < -0.3 is 10.1 Å². The average Bonchev–Trinajstić information content (AvgIpc) is 3.26. The van der Waals surface area contributed by atoms with Crippen LogP contribution in [-0.2, 0) is 11.3 Å². The predicted molar refractivity (Wildman–Crippen MR) is 120 cm³/mol. The summed E-state index contributed by atoms with van der Waals surface area (Å²) >= 11 is 7.23. The lowest BCUT2D eigenvalue weighted by molar-refractivity contribution is -0.118. The molecule has 1 amide bonds. The summed E-state index contributed by atoms with van der Waals surface area (Å²) in [7, 11) is 1.48. The molecule has 0 unspecified atom stereocenters. The average molecular weight is 492 g/mol. The van der Waals surface area contributed by atoms with Crippen LogP contribution in [0.4, 0.5) is 8.78 Å². The summed E-state index contributed by atoms with van der Waals surface area (Å²) in [4.78, 5) is 29.9. The Hall–Kier alpha value is -3.44. The number of aromatic nitrogens is 4. The van der Waals surface area contributed by atoms with Gasteiger partial charge in [0.1, 0.15) is 22.8 Å². The van der Waals surface area contributed by atoms with E-state index in [2.05, 4.69) is 20.5 Å². The van der Waals surface area contributed by atoms with Crippen molar-refractivity contribution >= 4 is 40.3 Å². The first-order chi connectivity index (χ1) is 15.9. The lowest BCUT2D eigenvalue weighted by atomic mass is 10.2. The second-order valence-corrected chi connectivity index (χ2v) is 8.14. The van der Waals surface area contributed by atoms with Gasteiger partial charge in [0.05, 0.1) is 29.8 Å². The molecule has 0 saturated carbocycles. The number of methoxy groups -OCH3 is 1. The van der Waals surface area contributed by atoms with Gasteiger partial charge in [-0.05, 0) is 24.3 Å². The Kier molecular flexibility index (Phi) is 6.61. The molecule has 170 valence electrons. The number of benzene rings is 2. The molecule has 33 heavy (non-hydrogen) atoms. The molecular formula is C21H16ClF2N5O3S. The molecular weight excluding hydrogens is 476 g/mol. The fourth-order valence-electron chi connectivity index (χ4n) is 3.03. The summed E-state index contributed by atoms with van der Waals surface area (Å²) in [6.07, 6.45) is 1.37. The summed E-state index contributed by atoms with van der Waals surface area (Å²) < 4.78 is 33.3. The Balaban J connectivity index is 1.58. The van der Waals surface area contributed by atoms with Crippen LogP contribution < -0.4 is 15.6 Å². The topological polar surface area (TPSA) is 102 Å². The van der Waals surface area contributed by atoms with Crippen LogP contribution in [0, 0.1) is 11.6 Å². The zero-order chi connectivity index (χ0) is 23.5. The zero-order valence-corrected chi connectivity index (χ0v) is 18.6. The number of rotatable bonds is 7. The number of ether oxygens (including phenoxy) is 1. The summed E-state index contributed by atoms with van der Waals surface area (Å²) in [6.45, 7) is -0.112. The maximum Gasteiger partial charge on any atom is 0.269 e. The normalized spacial score (nSPS) is 11.0. The van der Waals surface area contributed by atoms with Crippen LogP contribution in [0.2, 0.25) is 5.02 Å². The molecule has 2 N–H and O–H groups in total. The largest absolute Gasteiger partial charge is 0.495 e. The second-order valence-electron chi connectivity index (χ2n) is 6.79. The third kappa shape index (κ3) is 4.83. The highest BCUT2D eigenvalue weighted by Gasteiger charge is 2.17. The van der Waals surface area contributed by atoms with E-state index in [0.717, 1.165) is 23.9 Å². The number of carbonyl (C=O) groups is 1. The van der Waals surface area contributed by atoms with Gasteiger partial charge in [0.25, 0.3) is 5.56 Å². The minimum absolute atomic E-state index is 0.112. The molecule has 0 aliphatic rings. The van der Waals surface area contributed by atoms with Crippen LogP contribution in [0.3, 0.4) is 0 Å². The third-order valence-electron chi connectivity index (χ3n) is 4.67. The lowest BCUT2D eigenvalue weighted by Crippen LogP contribution is -2.26. The van der Waals surface area contributed by atoms with Gasteiger partial charge in [-0.25, -0.2) is 13.8 Å². The number of amides is 1. The van der Waals surface area contributed by atoms with Crippen LogP contribution in [0.5, 0.6) is 5.75 Å². The van der Waals surface area contributed by atoms with Crippen molar-refractivity contribution in [2.24, 2.45) is 0 Å². The molecule has 0 aliphatic carbocycles. The van der Waals surface area contributed by atoms with E-state index in [1.54, 1.807) is 18.2 Å². The molecule has 0 spiro atoms. The third-order valence-corrected chi connectivity index (χ3v) is 5.90. The van der Waals surface area contributed by atoms with E-state index in [9.17, 15) is 18.4 Å². The Morgan fingerprint density at radius 3 is 2.82 bits per heavy atom. The van der Waals surface area contributed by atoms with E-state index in [-0.39, 0.29) is 34.1 Å². The Bertz CT molecular complexity index is 1410. The number of fused-ring (bicyclic) bond motifs is 1.